The Bertz CT molecular complexity index is 602. The van der Waals surface area contributed by atoms with E-state index in [1.54, 1.807) is 36.6 Å². The molecule has 2 rings (SSSR count). The van der Waals surface area contributed by atoms with Gasteiger partial charge in [0.25, 0.3) is 0 Å². The minimum atomic E-state index is -1.00. The summed E-state index contributed by atoms with van der Waals surface area (Å²) >= 11 is 1.61. The number of thiophene rings is 1. The molecule has 0 fully saturated rings. The number of carboxylic acid groups (broad SMARTS) is 1. The van der Waals surface area contributed by atoms with Crippen molar-refractivity contribution in [2.24, 2.45) is 0 Å². The van der Waals surface area contributed by atoms with E-state index >= 15 is 0 Å². The second-order valence-corrected chi connectivity index (χ2v) is 4.98. The Morgan fingerprint density at radius 3 is 2.90 bits per heavy atom. The summed E-state index contributed by atoms with van der Waals surface area (Å²) in [5.74, 6) is 0.271. The highest BCUT2D eigenvalue weighted by atomic mass is 32.1. The number of benzene rings is 1. The fourth-order valence-electron chi connectivity index (χ4n) is 1.62. The normalized spacial score (nSPS) is 10.7. The van der Waals surface area contributed by atoms with E-state index in [0.29, 0.717) is 23.7 Å². The molecule has 0 aliphatic carbocycles. The molecule has 1 aromatic heterocycles. The van der Waals surface area contributed by atoms with Gasteiger partial charge in [-0.1, -0.05) is 6.07 Å². The zero-order valence-electron chi connectivity index (χ0n) is 10.9. The van der Waals surface area contributed by atoms with Gasteiger partial charge in [-0.05, 0) is 35.7 Å². The van der Waals surface area contributed by atoms with Gasteiger partial charge in [-0.15, -0.1) is 11.3 Å². The second-order valence-electron chi connectivity index (χ2n) is 3.94. The average Bonchev–Trinajstić information content (AvgIpc) is 2.96. The SMILES string of the molecule is COc1ccc(OCc2cccs2)c(/C=C/C(=O)O)c1. The van der Waals surface area contributed by atoms with Gasteiger partial charge in [0, 0.05) is 16.5 Å². The van der Waals surface area contributed by atoms with Crippen LogP contribution in [0.2, 0.25) is 0 Å². The van der Waals surface area contributed by atoms with Crippen molar-refractivity contribution in [3.63, 3.8) is 0 Å². The molecular formula is C15H14O4S. The molecule has 2 aromatic rings. The highest BCUT2D eigenvalue weighted by Crippen LogP contribution is 2.26. The van der Waals surface area contributed by atoms with E-state index in [1.165, 1.54) is 6.08 Å². The van der Waals surface area contributed by atoms with Crippen molar-refractivity contribution < 1.29 is 19.4 Å². The Labute approximate surface area is 120 Å². The van der Waals surface area contributed by atoms with Crippen LogP contribution in [0.5, 0.6) is 11.5 Å². The molecule has 0 bridgehead atoms. The van der Waals surface area contributed by atoms with Gasteiger partial charge in [-0.3, -0.25) is 0 Å². The summed E-state index contributed by atoms with van der Waals surface area (Å²) in [7, 11) is 1.56. The molecule has 1 aromatic carbocycles. The van der Waals surface area contributed by atoms with Gasteiger partial charge in [0.05, 0.1) is 7.11 Å². The molecule has 4 nitrogen and oxygen atoms in total. The highest BCUT2D eigenvalue weighted by molar-refractivity contribution is 7.09. The monoisotopic (exact) mass is 290 g/mol. The van der Waals surface area contributed by atoms with E-state index in [0.717, 1.165) is 11.0 Å². The van der Waals surface area contributed by atoms with Crippen LogP contribution in [0.25, 0.3) is 6.08 Å². The number of carbonyl (C=O) groups is 1. The summed E-state index contributed by atoms with van der Waals surface area (Å²) in [6.45, 7) is 0.456. The Hall–Kier alpha value is -2.27. The Morgan fingerprint density at radius 1 is 1.40 bits per heavy atom. The first-order valence-electron chi connectivity index (χ1n) is 5.93. The third-order valence-electron chi connectivity index (χ3n) is 2.57. The molecule has 0 aliphatic rings. The minimum Gasteiger partial charge on any atom is -0.497 e. The Balaban J connectivity index is 2.19. The van der Waals surface area contributed by atoms with Gasteiger partial charge in [0.15, 0.2) is 0 Å². The van der Waals surface area contributed by atoms with E-state index in [4.69, 9.17) is 14.6 Å². The van der Waals surface area contributed by atoms with Crippen LogP contribution >= 0.6 is 11.3 Å². The number of ether oxygens (including phenoxy) is 2. The molecule has 1 heterocycles. The predicted octanol–water partition coefficient (Wildman–Crippen LogP) is 3.43. The Morgan fingerprint density at radius 2 is 2.25 bits per heavy atom. The molecule has 0 unspecified atom stereocenters. The molecule has 0 aliphatic heterocycles. The highest BCUT2D eigenvalue weighted by Gasteiger charge is 2.05. The second kappa shape index (κ2) is 6.77. The van der Waals surface area contributed by atoms with E-state index in [-0.39, 0.29) is 0 Å². The van der Waals surface area contributed by atoms with Crippen LogP contribution in [-0.2, 0) is 11.4 Å². The molecule has 0 saturated carbocycles. The lowest BCUT2D eigenvalue weighted by atomic mass is 10.1. The number of hydrogen-bond donors (Lipinski definition) is 1. The maximum absolute atomic E-state index is 10.6. The van der Waals surface area contributed by atoms with Crippen LogP contribution in [-0.4, -0.2) is 18.2 Å². The fourth-order valence-corrected chi connectivity index (χ4v) is 2.24. The van der Waals surface area contributed by atoms with Gasteiger partial charge in [0.2, 0.25) is 0 Å². The van der Waals surface area contributed by atoms with E-state index in [9.17, 15) is 4.79 Å². The van der Waals surface area contributed by atoms with Crippen LogP contribution in [0.15, 0.2) is 41.8 Å². The number of hydrogen-bond acceptors (Lipinski definition) is 4. The van der Waals surface area contributed by atoms with Crippen molar-refractivity contribution >= 4 is 23.4 Å². The van der Waals surface area contributed by atoms with Gasteiger partial charge in [0.1, 0.15) is 18.1 Å². The fraction of sp³-hybridized carbons (Fsp3) is 0.133. The van der Waals surface area contributed by atoms with E-state index < -0.39 is 5.97 Å². The van der Waals surface area contributed by atoms with Gasteiger partial charge >= 0.3 is 5.97 Å². The van der Waals surface area contributed by atoms with Crippen molar-refractivity contribution in [1.29, 1.82) is 0 Å². The van der Waals surface area contributed by atoms with Gasteiger partial charge in [-0.2, -0.15) is 0 Å². The molecular weight excluding hydrogens is 276 g/mol. The first kappa shape index (κ1) is 14.1. The lowest BCUT2D eigenvalue weighted by Gasteiger charge is -2.10. The summed E-state index contributed by atoms with van der Waals surface area (Å²) in [6.07, 6.45) is 2.57. The lowest BCUT2D eigenvalue weighted by Crippen LogP contribution is -1.96. The zero-order chi connectivity index (χ0) is 14.4. The largest absolute Gasteiger partial charge is 0.497 e. The van der Waals surface area contributed by atoms with E-state index in [2.05, 4.69) is 0 Å². The first-order valence-corrected chi connectivity index (χ1v) is 6.81. The van der Waals surface area contributed by atoms with Gasteiger partial charge < -0.3 is 14.6 Å². The van der Waals surface area contributed by atoms with Crippen LogP contribution < -0.4 is 9.47 Å². The molecule has 0 radical (unpaired) electrons. The minimum absolute atomic E-state index is 0.456. The molecule has 104 valence electrons. The number of carboxylic acids is 1. The lowest BCUT2D eigenvalue weighted by molar-refractivity contribution is -0.131. The van der Waals surface area contributed by atoms with Crippen molar-refractivity contribution in [3.8, 4) is 11.5 Å². The van der Waals surface area contributed by atoms with Crippen LogP contribution in [0.3, 0.4) is 0 Å². The summed E-state index contributed by atoms with van der Waals surface area (Å²) in [6, 6.07) is 9.24. The summed E-state index contributed by atoms with van der Waals surface area (Å²) in [4.78, 5) is 11.7. The van der Waals surface area contributed by atoms with Crippen LogP contribution in [0.4, 0.5) is 0 Å². The summed E-state index contributed by atoms with van der Waals surface area (Å²) in [5.41, 5.74) is 0.670. The van der Waals surface area contributed by atoms with Crippen molar-refractivity contribution in [2.75, 3.05) is 7.11 Å². The molecule has 0 spiro atoms. The molecule has 20 heavy (non-hydrogen) atoms. The topological polar surface area (TPSA) is 55.8 Å². The average molecular weight is 290 g/mol. The van der Waals surface area contributed by atoms with Crippen molar-refractivity contribution in [3.05, 3.63) is 52.2 Å². The van der Waals surface area contributed by atoms with Crippen molar-refractivity contribution in [1.82, 2.24) is 0 Å². The number of rotatable bonds is 6. The summed E-state index contributed by atoms with van der Waals surface area (Å²) in [5, 5.41) is 10.7. The maximum atomic E-state index is 10.6. The number of aliphatic carboxylic acids is 1. The number of methoxy groups -OCH3 is 1. The van der Waals surface area contributed by atoms with Gasteiger partial charge in [-0.25, -0.2) is 4.79 Å². The standard InChI is InChI=1S/C15H14O4S/c1-18-12-5-6-14(11(9-12)4-7-15(16)17)19-10-13-3-2-8-20-13/h2-9H,10H2,1H3,(H,16,17)/b7-4+. The smallest absolute Gasteiger partial charge is 0.328 e. The third-order valence-corrected chi connectivity index (χ3v) is 3.42. The first-order chi connectivity index (χ1) is 9.69. The summed E-state index contributed by atoms with van der Waals surface area (Å²) < 4.78 is 10.9. The van der Waals surface area contributed by atoms with Crippen LogP contribution in [0, 0.1) is 0 Å². The van der Waals surface area contributed by atoms with Crippen LogP contribution in [0.1, 0.15) is 10.4 Å². The maximum Gasteiger partial charge on any atom is 0.328 e. The molecule has 1 N–H and O–H groups in total. The quantitative estimate of drug-likeness (QED) is 0.828. The molecule has 5 heteroatoms. The Kier molecular flexibility index (Phi) is 4.79. The molecule has 0 saturated heterocycles. The molecule has 0 amide bonds. The third kappa shape index (κ3) is 3.86. The zero-order valence-corrected chi connectivity index (χ0v) is 11.7. The predicted molar refractivity (Wildman–Crippen MR) is 78.3 cm³/mol. The van der Waals surface area contributed by atoms with Crippen molar-refractivity contribution in [2.45, 2.75) is 6.61 Å². The molecule has 0 atom stereocenters. The van der Waals surface area contributed by atoms with E-state index in [1.807, 2.05) is 17.5 Å².